The minimum atomic E-state index is -4.47. The molecule has 0 fully saturated rings. The third-order valence-corrected chi connectivity index (χ3v) is 5.54. The van der Waals surface area contributed by atoms with Crippen LogP contribution in [0, 0.1) is 13.8 Å². The lowest BCUT2D eigenvalue weighted by molar-refractivity contribution is -0.138. The number of aryl methyl sites for hydroxylation is 2. The average Bonchev–Trinajstić information content (AvgIpc) is 3.10. The summed E-state index contributed by atoms with van der Waals surface area (Å²) in [6, 6.07) is 11.6. The van der Waals surface area contributed by atoms with Crippen molar-refractivity contribution in [2.45, 2.75) is 38.6 Å². The molecule has 1 aromatic heterocycles. The first-order valence-corrected chi connectivity index (χ1v) is 10.3. The Morgan fingerprint density at radius 1 is 1.10 bits per heavy atom. The van der Waals surface area contributed by atoms with Gasteiger partial charge < -0.3 is 9.88 Å². The number of alkyl halides is 3. The zero-order valence-corrected chi connectivity index (χ0v) is 17.6. The number of nitrogens with zero attached hydrogens (tertiary/aromatic N) is 3. The van der Waals surface area contributed by atoms with Crippen molar-refractivity contribution in [2.24, 2.45) is 0 Å². The van der Waals surface area contributed by atoms with E-state index in [0.29, 0.717) is 17.5 Å². The molecule has 0 radical (unpaired) electrons. The van der Waals surface area contributed by atoms with Gasteiger partial charge in [-0.2, -0.15) is 13.2 Å². The third-order valence-electron chi connectivity index (χ3n) is 4.58. The summed E-state index contributed by atoms with van der Waals surface area (Å²) < 4.78 is 41.1. The SMILES string of the molecule is CCn1c(SCC(=O)Nc2ccc(C)c(C(F)(F)F)c2)nnc1-c1ccccc1C. The van der Waals surface area contributed by atoms with Crippen LogP contribution in [0.15, 0.2) is 47.6 Å². The van der Waals surface area contributed by atoms with Crippen molar-refractivity contribution >= 4 is 23.4 Å². The molecule has 3 rings (SSSR count). The zero-order valence-electron chi connectivity index (χ0n) is 16.7. The summed E-state index contributed by atoms with van der Waals surface area (Å²) in [7, 11) is 0. The highest BCUT2D eigenvalue weighted by molar-refractivity contribution is 7.99. The Labute approximate surface area is 176 Å². The summed E-state index contributed by atoms with van der Waals surface area (Å²) in [5.74, 6) is 0.299. The van der Waals surface area contributed by atoms with Crippen LogP contribution in [0.3, 0.4) is 0 Å². The van der Waals surface area contributed by atoms with Gasteiger partial charge >= 0.3 is 6.18 Å². The van der Waals surface area contributed by atoms with Crippen molar-refractivity contribution in [1.82, 2.24) is 14.8 Å². The first-order chi connectivity index (χ1) is 14.2. The Bertz CT molecular complexity index is 1060. The van der Waals surface area contributed by atoms with E-state index < -0.39 is 17.6 Å². The minimum Gasteiger partial charge on any atom is -0.325 e. The van der Waals surface area contributed by atoms with Gasteiger partial charge in [-0.15, -0.1) is 10.2 Å². The molecule has 0 atom stereocenters. The first kappa shape index (κ1) is 21.9. The fourth-order valence-electron chi connectivity index (χ4n) is 3.04. The van der Waals surface area contributed by atoms with Gasteiger partial charge in [-0.1, -0.05) is 42.1 Å². The number of aromatic nitrogens is 3. The molecule has 5 nitrogen and oxygen atoms in total. The highest BCUT2D eigenvalue weighted by Crippen LogP contribution is 2.33. The van der Waals surface area contributed by atoms with Crippen LogP contribution in [0.5, 0.6) is 0 Å². The van der Waals surface area contributed by atoms with E-state index in [1.807, 2.05) is 42.7 Å². The molecule has 1 amide bonds. The second-order valence-corrected chi connectivity index (χ2v) is 7.67. The summed E-state index contributed by atoms with van der Waals surface area (Å²) in [4.78, 5) is 12.3. The predicted octanol–water partition coefficient (Wildman–Crippen LogP) is 5.33. The number of thioether (sulfide) groups is 1. The van der Waals surface area contributed by atoms with Crippen LogP contribution >= 0.6 is 11.8 Å². The predicted molar refractivity (Wildman–Crippen MR) is 111 cm³/mol. The molecule has 0 aliphatic heterocycles. The molecular weight excluding hydrogens is 413 g/mol. The van der Waals surface area contributed by atoms with E-state index in [4.69, 9.17) is 0 Å². The van der Waals surface area contributed by atoms with Crippen molar-refractivity contribution in [3.8, 4) is 11.4 Å². The lowest BCUT2D eigenvalue weighted by Crippen LogP contribution is -2.16. The van der Waals surface area contributed by atoms with Crippen molar-refractivity contribution in [3.63, 3.8) is 0 Å². The maximum Gasteiger partial charge on any atom is 0.416 e. The van der Waals surface area contributed by atoms with Crippen LogP contribution in [0.4, 0.5) is 18.9 Å². The molecule has 0 spiro atoms. The summed E-state index contributed by atoms with van der Waals surface area (Å²) in [5, 5.41) is 11.5. The van der Waals surface area contributed by atoms with Gasteiger partial charge in [0.25, 0.3) is 0 Å². The van der Waals surface area contributed by atoms with Crippen molar-refractivity contribution in [3.05, 3.63) is 59.2 Å². The summed E-state index contributed by atoms with van der Waals surface area (Å²) in [6.45, 7) is 5.95. The normalized spacial score (nSPS) is 11.5. The number of carbonyl (C=O) groups excluding carboxylic acids is 1. The molecule has 158 valence electrons. The van der Waals surface area contributed by atoms with Gasteiger partial charge in [0.2, 0.25) is 5.91 Å². The Kier molecular flexibility index (Phi) is 6.50. The number of hydrogen-bond acceptors (Lipinski definition) is 4. The molecule has 0 saturated carbocycles. The average molecular weight is 434 g/mol. The monoisotopic (exact) mass is 434 g/mol. The van der Waals surface area contributed by atoms with E-state index in [2.05, 4.69) is 15.5 Å². The molecule has 1 N–H and O–H groups in total. The molecule has 0 saturated heterocycles. The number of hydrogen-bond donors (Lipinski definition) is 1. The van der Waals surface area contributed by atoms with E-state index in [9.17, 15) is 18.0 Å². The summed E-state index contributed by atoms with van der Waals surface area (Å²) in [5.41, 5.74) is 1.48. The highest BCUT2D eigenvalue weighted by atomic mass is 32.2. The maximum absolute atomic E-state index is 13.1. The lowest BCUT2D eigenvalue weighted by Gasteiger charge is -2.13. The van der Waals surface area contributed by atoms with Crippen LogP contribution in [-0.2, 0) is 17.5 Å². The van der Waals surface area contributed by atoms with E-state index in [1.54, 1.807) is 0 Å². The maximum atomic E-state index is 13.1. The van der Waals surface area contributed by atoms with Gasteiger partial charge in [-0.05, 0) is 44.0 Å². The van der Waals surface area contributed by atoms with Crippen LogP contribution in [0.2, 0.25) is 0 Å². The second-order valence-electron chi connectivity index (χ2n) is 6.73. The van der Waals surface area contributed by atoms with Crippen molar-refractivity contribution in [2.75, 3.05) is 11.1 Å². The molecular formula is C21H21F3N4OS. The van der Waals surface area contributed by atoms with Gasteiger partial charge in [0.05, 0.1) is 11.3 Å². The fraction of sp³-hybridized carbons (Fsp3) is 0.286. The lowest BCUT2D eigenvalue weighted by atomic mass is 10.1. The van der Waals surface area contributed by atoms with Gasteiger partial charge in [0.1, 0.15) is 0 Å². The van der Waals surface area contributed by atoms with E-state index in [-0.39, 0.29) is 17.0 Å². The Hall–Kier alpha value is -2.81. The smallest absolute Gasteiger partial charge is 0.325 e. The standard InChI is InChI=1S/C21H21F3N4OS/c1-4-28-19(16-8-6-5-7-13(16)2)26-27-20(28)30-12-18(29)25-15-10-9-14(3)17(11-15)21(22,23)24/h5-11H,4,12H2,1-3H3,(H,25,29). The number of nitrogens with one attached hydrogen (secondary N) is 1. The van der Waals surface area contributed by atoms with E-state index in [1.165, 1.54) is 30.8 Å². The third kappa shape index (κ3) is 4.84. The molecule has 2 aromatic carbocycles. The molecule has 0 unspecified atom stereocenters. The Morgan fingerprint density at radius 2 is 1.83 bits per heavy atom. The first-order valence-electron chi connectivity index (χ1n) is 9.30. The number of amides is 1. The van der Waals surface area contributed by atoms with Crippen LogP contribution in [-0.4, -0.2) is 26.4 Å². The number of anilines is 1. The molecule has 0 aliphatic rings. The second kappa shape index (κ2) is 8.91. The van der Waals surface area contributed by atoms with Crippen molar-refractivity contribution in [1.29, 1.82) is 0 Å². The van der Waals surface area contributed by atoms with Crippen LogP contribution < -0.4 is 5.32 Å². The van der Waals surface area contributed by atoms with Gasteiger partial charge in [0.15, 0.2) is 11.0 Å². The number of benzene rings is 2. The Morgan fingerprint density at radius 3 is 2.50 bits per heavy atom. The van der Waals surface area contributed by atoms with Gasteiger partial charge in [-0.25, -0.2) is 0 Å². The van der Waals surface area contributed by atoms with Crippen molar-refractivity contribution < 1.29 is 18.0 Å². The Balaban J connectivity index is 1.71. The van der Waals surface area contributed by atoms with E-state index in [0.717, 1.165) is 17.2 Å². The van der Waals surface area contributed by atoms with Crippen LogP contribution in [0.1, 0.15) is 23.6 Å². The van der Waals surface area contributed by atoms with E-state index >= 15 is 0 Å². The highest BCUT2D eigenvalue weighted by Gasteiger charge is 2.32. The van der Waals surface area contributed by atoms with Gasteiger partial charge in [-0.3, -0.25) is 4.79 Å². The minimum absolute atomic E-state index is 0.00112. The summed E-state index contributed by atoms with van der Waals surface area (Å²) in [6.07, 6.45) is -4.47. The molecule has 30 heavy (non-hydrogen) atoms. The molecule has 9 heteroatoms. The number of halogens is 3. The fourth-order valence-corrected chi connectivity index (χ4v) is 3.84. The topological polar surface area (TPSA) is 59.8 Å². The zero-order chi connectivity index (χ0) is 21.9. The van der Waals surface area contributed by atoms with Gasteiger partial charge in [0, 0.05) is 17.8 Å². The summed E-state index contributed by atoms with van der Waals surface area (Å²) >= 11 is 1.19. The molecule has 0 aliphatic carbocycles. The molecule has 3 aromatic rings. The number of rotatable bonds is 6. The van der Waals surface area contributed by atoms with Crippen LogP contribution in [0.25, 0.3) is 11.4 Å². The number of carbonyl (C=O) groups is 1. The quantitative estimate of drug-likeness (QED) is 0.533. The molecule has 0 bridgehead atoms. The largest absolute Gasteiger partial charge is 0.416 e. The molecule has 1 heterocycles.